The molecule has 0 heterocycles. The smallest absolute Gasteiger partial charge is 0.305 e. The predicted molar refractivity (Wildman–Crippen MR) is 143 cm³/mol. The number of rotatable bonds is 9. The number of carbonyl (C=O) groups excluding carboxylic acids is 3. The molecule has 2 aromatic rings. The number of ether oxygens (including phenoxy) is 4. The first-order valence-corrected chi connectivity index (χ1v) is 12.4. The van der Waals surface area contributed by atoms with Crippen molar-refractivity contribution in [1.82, 2.24) is 10.2 Å². The first-order valence-electron chi connectivity index (χ1n) is 12.4. The topological polar surface area (TPSA) is 158 Å². The molecule has 214 valence electrons. The number of benzene rings is 1. The Balaban J connectivity index is 2.37. The fourth-order valence-electron chi connectivity index (χ4n) is 5.03. The molecule has 0 fully saturated rings. The number of amides is 3. The second-order valence-electron chi connectivity index (χ2n) is 9.09. The van der Waals surface area contributed by atoms with Gasteiger partial charge in [0.25, 0.3) is 5.91 Å². The molecule has 2 atom stereocenters. The van der Waals surface area contributed by atoms with Crippen molar-refractivity contribution in [1.29, 1.82) is 0 Å². The van der Waals surface area contributed by atoms with Crippen LogP contribution in [0.2, 0.25) is 0 Å². The molecule has 3 amide bonds. The maximum absolute atomic E-state index is 13.7. The van der Waals surface area contributed by atoms with Gasteiger partial charge in [0, 0.05) is 19.4 Å². The van der Waals surface area contributed by atoms with Crippen LogP contribution < -0.4 is 29.7 Å². The lowest BCUT2D eigenvalue weighted by atomic mass is 9.95. The van der Waals surface area contributed by atoms with Crippen molar-refractivity contribution in [3.63, 3.8) is 0 Å². The molecule has 12 nitrogen and oxygen atoms in total. The van der Waals surface area contributed by atoms with Gasteiger partial charge < -0.3 is 29.4 Å². The van der Waals surface area contributed by atoms with Gasteiger partial charge in [0.1, 0.15) is 6.04 Å². The van der Waals surface area contributed by atoms with Crippen molar-refractivity contribution < 1.29 is 43.2 Å². The number of methoxy groups -OCH3 is 4. The number of aliphatic carboxylic acids is 1. The van der Waals surface area contributed by atoms with Gasteiger partial charge >= 0.3 is 5.97 Å². The molecule has 0 unspecified atom stereocenters. The standard InChI is InChI=1S/C28H32N2O10/c1-14(31)29-19(13-24(34)35)28(36)30(15(2)32)20-9-7-16-11-23(38-4)26(39-5)27(40-6)25(16)17-8-10-22(37-3)21(33)12-18(17)20/h8,10-12,19-20H,7,9,13H2,1-6H3,(H,29,31)(H,34,35)/t19-,20+/m1/s1. The Kier molecular flexibility index (Phi) is 9.35. The molecular formula is C28H32N2O10. The van der Waals surface area contributed by atoms with E-state index in [4.69, 9.17) is 18.9 Å². The summed E-state index contributed by atoms with van der Waals surface area (Å²) in [6.07, 6.45) is -0.274. The normalized spacial score (nSPS) is 14.4. The van der Waals surface area contributed by atoms with Crippen LogP contribution in [-0.4, -0.2) is 68.2 Å². The zero-order valence-electron chi connectivity index (χ0n) is 23.2. The molecule has 1 aliphatic rings. The summed E-state index contributed by atoms with van der Waals surface area (Å²) >= 11 is 0. The van der Waals surface area contributed by atoms with Gasteiger partial charge in [0.2, 0.25) is 23.0 Å². The monoisotopic (exact) mass is 556 g/mol. The highest BCUT2D eigenvalue weighted by Gasteiger charge is 2.38. The molecule has 0 bridgehead atoms. The van der Waals surface area contributed by atoms with Gasteiger partial charge in [-0.25, -0.2) is 0 Å². The number of carboxylic acids is 1. The Bertz CT molecular complexity index is 1390. The van der Waals surface area contributed by atoms with Crippen molar-refractivity contribution in [2.45, 2.75) is 45.2 Å². The summed E-state index contributed by atoms with van der Waals surface area (Å²) in [5.41, 5.74) is 1.56. The third-order valence-corrected chi connectivity index (χ3v) is 6.63. The number of hydrogen-bond acceptors (Lipinski definition) is 9. The van der Waals surface area contributed by atoms with Gasteiger partial charge in [0.05, 0.1) is 40.9 Å². The first kappa shape index (κ1) is 29.9. The molecule has 2 aromatic carbocycles. The lowest BCUT2D eigenvalue weighted by Gasteiger charge is -2.32. The number of aryl methyl sites for hydroxylation is 1. The van der Waals surface area contributed by atoms with Crippen molar-refractivity contribution in [3.05, 3.63) is 45.6 Å². The van der Waals surface area contributed by atoms with E-state index in [0.29, 0.717) is 40.4 Å². The van der Waals surface area contributed by atoms with Crippen molar-refractivity contribution >= 4 is 23.7 Å². The molecule has 0 radical (unpaired) electrons. The third-order valence-electron chi connectivity index (χ3n) is 6.63. The molecule has 0 aliphatic heterocycles. The number of carboxylic acid groups (broad SMARTS) is 1. The molecule has 3 rings (SSSR count). The summed E-state index contributed by atoms with van der Waals surface area (Å²) in [6, 6.07) is 3.64. The van der Waals surface area contributed by atoms with Gasteiger partial charge in [0.15, 0.2) is 17.2 Å². The summed E-state index contributed by atoms with van der Waals surface area (Å²) in [6.45, 7) is 2.30. The molecule has 40 heavy (non-hydrogen) atoms. The van der Waals surface area contributed by atoms with Crippen LogP contribution in [0.25, 0.3) is 11.1 Å². The molecule has 2 N–H and O–H groups in total. The highest BCUT2D eigenvalue weighted by atomic mass is 16.5. The minimum atomic E-state index is -1.51. The minimum Gasteiger partial charge on any atom is -0.493 e. The zero-order chi connectivity index (χ0) is 29.7. The third kappa shape index (κ3) is 5.85. The van der Waals surface area contributed by atoms with E-state index in [1.807, 2.05) is 0 Å². The lowest BCUT2D eigenvalue weighted by Crippen LogP contribution is -2.51. The molecule has 0 saturated heterocycles. The Morgan fingerprint density at radius 2 is 1.62 bits per heavy atom. The summed E-state index contributed by atoms with van der Waals surface area (Å²) in [5.74, 6) is -2.55. The van der Waals surface area contributed by atoms with Gasteiger partial charge in [-0.1, -0.05) is 6.07 Å². The van der Waals surface area contributed by atoms with E-state index in [1.165, 1.54) is 40.6 Å². The Morgan fingerprint density at radius 1 is 0.975 bits per heavy atom. The predicted octanol–water partition coefficient (Wildman–Crippen LogP) is 2.09. The average molecular weight is 557 g/mol. The van der Waals surface area contributed by atoms with E-state index >= 15 is 0 Å². The molecular weight excluding hydrogens is 524 g/mol. The van der Waals surface area contributed by atoms with Crippen LogP contribution in [0.5, 0.6) is 23.0 Å². The second-order valence-corrected chi connectivity index (χ2v) is 9.09. The fraction of sp³-hybridized carbons (Fsp3) is 0.393. The van der Waals surface area contributed by atoms with Crippen LogP contribution in [0.3, 0.4) is 0 Å². The molecule has 12 heteroatoms. The number of nitrogens with one attached hydrogen (secondary N) is 1. The van der Waals surface area contributed by atoms with Crippen LogP contribution in [0.1, 0.15) is 43.9 Å². The second kappa shape index (κ2) is 12.5. The number of nitrogens with zero attached hydrogens (tertiary/aromatic N) is 1. The average Bonchev–Trinajstić information content (AvgIpc) is 3.14. The first-order chi connectivity index (χ1) is 19.0. The Hall–Kier alpha value is -4.61. The minimum absolute atomic E-state index is 0.0236. The number of hydrogen-bond donors (Lipinski definition) is 2. The van der Waals surface area contributed by atoms with Crippen molar-refractivity contribution in [2.75, 3.05) is 28.4 Å². The fourth-order valence-corrected chi connectivity index (χ4v) is 5.03. The molecule has 0 aromatic heterocycles. The van der Waals surface area contributed by atoms with E-state index in [2.05, 4.69) is 5.32 Å². The maximum atomic E-state index is 13.7. The van der Waals surface area contributed by atoms with Gasteiger partial charge in [-0.05, 0) is 47.7 Å². The Morgan fingerprint density at radius 3 is 2.15 bits per heavy atom. The molecule has 1 aliphatic carbocycles. The number of carbonyl (C=O) groups is 4. The number of fused-ring (bicyclic) bond motifs is 3. The van der Waals surface area contributed by atoms with Gasteiger partial charge in [-0.2, -0.15) is 0 Å². The lowest BCUT2D eigenvalue weighted by molar-refractivity contribution is -0.152. The van der Waals surface area contributed by atoms with Crippen LogP contribution >= 0.6 is 0 Å². The van der Waals surface area contributed by atoms with Crippen LogP contribution in [-0.2, 0) is 25.6 Å². The van der Waals surface area contributed by atoms with Crippen molar-refractivity contribution in [2.24, 2.45) is 0 Å². The SMILES string of the molecule is COc1cc2c(c(OC)c1OC)-c1ccc(OC)c(=O)cc1[C@@H](N(C(C)=O)C(=O)[C@@H](CC(=O)O)NC(C)=O)CC2. The van der Waals surface area contributed by atoms with Crippen LogP contribution in [0.4, 0.5) is 0 Å². The summed E-state index contributed by atoms with van der Waals surface area (Å²) in [5, 5.41) is 11.7. The van der Waals surface area contributed by atoms with E-state index in [0.717, 1.165) is 24.3 Å². The maximum Gasteiger partial charge on any atom is 0.305 e. The van der Waals surface area contributed by atoms with E-state index in [9.17, 15) is 29.1 Å². The highest BCUT2D eigenvalue weighted by Crippen LogP contribution is 2.51. The summed E-state index contributed by atoms with van der Waals surface area (Å²) < 4.78 is 22.1. The largest absolute Gasteiger partial charge is 0.493 e. The summed E-state index contributed by atoms with van der Waals surface area (Å²) in [7, 11) is 5.73. The Labute approximate surface area is 230 Å². The van der Waals surface area contributed by atoms with Crippen molar-refractivity contribution in [3.8, 4) is 34.1 Å². The van der Waals surface area contributed by atoms with E-state index in [1.54, 1.807) is 12.1 Å². The van der Waals surface area contributed by atoms with Crippen LogP contribution in [0.15, 0.2) is 29.1 Å². The van der Waals surface area contributed by atoms with Crippen LogP contribution in [0, 0.1) is 0 Å². The number of imide groups is 1. The van der Waals surface area contributed by atoms with Gasteiger partial charge in [-0.15, -0.1) is 0 Å². The van der Waals surface area contributed by atoms with Gasteiger partial charge in [-0.3, -0.25) is 28.9 Å². The highest BCUT2D eigenvalue weighted by molar-refractivity contribution is 6.00. The quantitative estimate of drug-likeness (QED) is 0.469. The zero-order valence-corrected chi connectivity index (χ0v) is 23.2. The molecule has 0 saturated carbocycles. The van der Waals surface area contributed by atoms with E-state index in [-0.39, 0.29) is 12.2 Å². The molecule has 0 spiro atoms. The van der Waals surface area contributed by atoms with E-state index < -0.39 is 47.6 Å². The summed E-state index contributed by atoms with van der Waals surface area (Å²) in [4.78, 5) is 64.1.